The van der Waals surface area contributed by atoms with Gasteiger partial charge in [-0.15, -0.1) is 0 Å². The van der Waals surface area contributed by atoms with Crippen LogP contribution in [-0.4, -0.2) is 18.2 Å². The first-order valence-electron chi connectivity index (χ1n) is 7.47. The third-order valence-corrected chi connectivity index (χ3v) is 4.05. The number of carbonyl (C=O) groups is 1. The Morgan fingerprint density at radius 2 is 1.89 bits per heavy atom. The molecule has 0 aromatic rings. The first-order chi connectivity index (χ1) is 8.49. The lowest BCUT2D eigenvalue weighted by Crippen LogP contribution is -2.36. The molecular weight excluding hydrogens is 226 g/mol. The van der Waals surface area contributed by atoms with E-state index in [1.807, 2.05) is 20.8 Å². The van der Waals surface area contributed by atoms with Crippen molar-refractivity contribution in [2.45, 2.75) is 78.9 Å². The normalized spacial score (nSPS) is 23.2. The Morgan fingerprint density at radius 1 is 1.33 bits per heavy atom. The van der Waals surface area contributed by atoms with Crippen molar-refractivity contribution in [1.82, 2.24) is 5.32 Å². The molecule has 2 saturated carbocycles. The van der Waals surface area contributed by atoms with Crippen molar-refractivity contribution >= 4 is 6.09 Å². The number of nitrogens with one attached hydrogen (secondary N) is 1. The lowest BCUT2D eigenvalue weighted by atomic mass is 10.0. The molecule has 2 aliphatic carbocycles. The van der Waals surface area contributed by atoms with E-state index >= 15 is 0 Å². The van der Waals surface area contributed by atoms with Gasteiger partial charge in [0, 0.05) is 11.5 Å². The molecule has 0 heterocycles. The number of ether oxygens (including phenoxy) is 1. The van der Waals surface area contributed by atoms with Crippen LogP contribution in [0.1, 0.15) is 66.7 Å². The van der Waals surface area contributed by atoms with E-state index in [-0.39, 0.29) is 23.7 Å². The Kier molecular flexibility index (Phi) is 5.48. The summed E-state index contributed by atoms with van der Waals surface area (Å²) >= 11 is 0. The fourth-order valence-electron chi connectivity index (χ4n) is 2.05. The van der Waals surface area contributed by atoms with Crippen LogP contribution in [-0.2, 0) is 4.74 Å². The molecule has 0 radical (unpaired) electrons. The van der Waals surface area contributed by atoms with Crippen molar-refractivity contribution < 1.29 is 9.53 Å². The van der Waals surface area contributed by atoms with Gasteiger partial charge >= 0.3 is 6.09 Å². The molecule has 1 amide bonds. The van der Waals surface area contributed by atoms with Crippen molar-refractivity contribution in [2.75, 3.05) is 0 Å². The van der Waals surface area contributed by atoms with Crippen molar-refractivity contribution in [3.63, 3.8) is 0 Å². The molecule has 0 bridgehead atoms. The smallest absolute Gasteiger partial charge is 0.407 e. The van der Waals surface area contributed by atoms with Gasteiger partial charge < -0.3 is 10.1 Å². The number of amides is 1. The number of rotatable bonds is 5. The Bertz CT molecular complexity index is 270. The average molecular weight is 255 g/mol. The highest BCUT2D eigenvalue weighted by Crippen LogP contribution is 2.49. The Balaban J connectivity index is 0.000000771. The van der Waals surface area contributed by atoms with Gasteiger partial charge in [0.15, 0.2) is 0 Å². The highest BCUT2D eigenvalue weighted by Gasteiger charge is 2.44. The van der Waals surface area contributed by atoms with Gasteiger partial charge in [-0.25, -0.2) is 4.79 Å². The first kappa shape index (κ1) is 15.3. The van der Waals surface area contributed by atoms with Gasteiger partial charge in [0.2, 0.25) is 0 Å². The van der Waals surface area contributed by atoms with Gasteiger partial charge in [-0.2, -0.15) is 0 Å². The van der Waals surface area contributed by atoms with Crippen LogP contribution < -0.4 is 5.32 Å². The SMILES string of the molecule is CC.CC(CC1CC1)NC(=O)OC(C)C1(C)CC1. The van der Waals surface area contributed by atoms with Crippen LogP contribution in [0.15, 0.2) is 0 Å². The van der Waals surface area contributed by atoms with Crippen LogP contribution in [0.3, 0.4) is 0 Å². The largest absolute Gasteiger partial charge is 0.446 e. The number of carbonyl (C=O) groups excluding carboxylic acids is 1. The second-order valence-corrected chi connectivity index (χ2v) is 5.93. The molecule has 2 atom stereocenters. The lowest BCUT2D eigenvalue weighted by Gasteiger charge is -2.21. The second kappa shape index (κ2) is 6.44. The molecule has 0 spiro atoms. The van der Waals surface area contributed by atoms with Crippen molar-refractivity contribution in [3.8, 4) is 0 Å². The maximum Gasteiger partial charge on any atom is 0.407 e. The van der Waals surface area contributed by atoms with E-state index in [2.05, 4.69) is 19.2 Å². The van der Waals surface area contributed by atoms with E-state index in [0.29, 0.717) is 0 Å². The molecule has 0 saturated heterocycles. The average Bonchev–Trinajstić information content (AvgIpc) is 3.20. The summed E-state index contributed by atoms with van der Waals surface area (Å²) in [5.41, 5.74) is 0.247. The van der Waals surface area contributed by atoms with E-state index in [0.717, 1.165) is 12.3 Å². The summed E-state index contributed by atoms with van der Waals surface area (Å²) in [5, 5.41) is 2.92. The predicted octanol–water partition coefficient (Wildman–Crippen LogP) is 4.12. The van der Waals surface area contributed by atoms with E-state index in [1.165, 1.54) is 25.7 Å². The summed E-state index contributed by atoms with van der Waals surface area (Å²) in [7, 11) is 0. The maximum atomic E-state index is 11.6. The highest BCUT2D eigenvalue weighted by molar-refractivity contribution is 5.67. The second-order valence-electron chi connectivity index (χ2n) is 5.93. The van der Waals surface area contributed by atoms with E-state index in [9.17, 15) is 4.79 Å². The molecule has 3 heteroatoms. The van der Waals surface area contributed by atoms with Gasteiger partial charge in [-0.05, 0) is 39.0 Å². The van der Waals surface area contributed by atoms with Gasteiger partial charge in [0.05, 0.1) is 0 Å². The predicted molar refractivity (Wildman–Crippen MR) is 74.6 cm³/mol. The fraction of sp³-hybridized carbons (Fsp3) is 0.933. The van der Waals surface area contributed by atoms with Gasteiger partial charge in [-0.1, -0.05) is 33.6 Å². The Labute approximate surface area is 112 Å². The minimum Gasteiger partial charge on any atom is -0.446 e. The van der Waals surface area contributed by atoms with Gasteiger partial charge in [0.25, 0.3) is 0 Å². The standard InChI is InChI=1S/C13H23NO2.C2H6/c1-9(8-11-4-5-11)14-12(15)16-10(2)13(3)6-7-13;1-2/h9-11H,4-8H2,1-3H3,(H,14,15);1-2H3. The zero-order chi connectivity index (χ0) is 13.8. The Morgan fingerprint density at radius 3 is 2.33 bits per heavy atom. The van der Waals surface area contributed by atoms with Crippen LogP contribution >= 0.6 is 0 Å². The summed E-state index contributed by atoms with van der Waals surface area (Å²) in [5.74, 6) is 0.841. The molecule has 2 unspecified atom stereocenters. The quantitative estimate of drug-likeness (QED) is 0.802. The summed E-state index contributed by atoms with van der Waals surface area (Å²) in [6.07, 6.45) is 5.92. The molecule has 0 aromatic carbocycles. The molecule has 2 rings (SSSR count). The van der Waals surface area contributed by atoms with Crippen LogP contribution in [0.25, 0.3) is 0 Å². The molecule has 3 nitrogen and oxygen atoms in total. The number of hydrogen-bond donors (Lipinski definition) is 1. The molecule has 2 fully saturated rings. The lowest BCUT2D eigenvalue weighted by molar-refractivity contribution is 0.0668. The topological polar surface area (TPSA) is 38.3 Å². The molecule has 1 N–H and O–H groups in total. The van der Waals surface area contributed by atoms with Crippen molar-refractivity contribution in [1.29, 1.82) is 0 Å². The van der Waals surface area contributed by atoms with Crippen LogP contribution in [0.4, 0.5) is 4.79 Å². The van der Waals surface area contributed by atoms with E-state index in [4.69, 9.17) is 4.74 Å². The number of hydrogen-bond acceptors (Lipinski definition) is 2. The van der Waals surface area contributed by atoms with E-state index in [1.54, 1.807) is 0 Å². The molecule has 0 aliphatic heterocycles. The summed E-state index contributed by atoms with van der Waals surface area (Å²) in [4.78, 5) is 11.6. The van der Waals surface area contributed by atoms with Crippen LogP contribution in [0, 0.1) is 11.3 Å². The highest BCUT2D eigenvalue weighted by atomic mass is 16.6. The monoisotopic (exact) mass is 255 g/mol. The van der Waals surface area contributed by atoms with Crippen LogP contribution in [0.5, 0.6) is 0 Å². The minimum atomic E-state index is -0.242. The molecule has 0 aromatic heterocycles. The zero-order valence-corrected chi connectivity index (χ0v) is 12.6. The van der Waals surface area contributed by atoms with Crippen LogP contribution in [0.2, 0.25) is 0 Å². The van der Waals surface area contributed by atoms with Crippen molar-refractivity contribution in [3.05, 3.63) is 0 Å². The van der Waals surface area contributed by atoms with Gasteiger partial charge in [0.1, 0.15) is 6.10 Å². The number of alkyl carbamates (subject to hydrolysis) is 1. The molecule has 18 heavy (non-hydrogen) atoms. The summed E-state index contributed by atoms with van der Waals surface area (Å²) < 4.78 is 5.40. The fourth-order valence-corrected chi connectivity index (χ4v) is 2.05. The van der Waals surface area contributed by atoms with Crippen molar-refractivity contribution in [2.24, 2.45) is 11.3 Å². The summed E-state index contributed by atoms with van der Waals surface area (Å²) in [6, 6.07) is 0.249. The third kappa shape index (κ3) is 4.87. The third-order valence-electron chi connectivity index (χ3n) is 4.05. The molecular formula is C15H29NO2. The maximum absolute atomic E-state index is 11.6. The molecule has 106 valence electrons. The minimum absolute atomic E-state index is 0.0422. The molecule has 2 aliphatic rings. The van der Waals surface area contributed by atoms with Gasteiger partial charge in [-0.3, -0.25) is 0 Å². The zero-order valence-electron chi connectivity index (χ0n) is 12.6. The first-order valence-corrected chi connectivity index (χ1v) is 7.47. The Hall–Kier alpha value is -0.730. The summed E-state index contributed by atoms with van der Waals surface area (Å²) in [6.45, 7) is 10.2. The van der Waals surface area contributed by atoms with E-state index < -0.39 is 0 Å².